The Balaban J connectivity index is 0. The van der Waals surface area contributed by atoms with Crippen LogP contribution < -0.4 is 0 Å². The van der Waals surface area contributed by atoms with Gasteiger partial charge >= 0.3 is 0 Å². The molecule has 1 heterocycles. The molecule has 23 heavy (non-hydrogen) atoms. The van der Waals surface area contributed by atoms with Crippen molar-refractivity contribution >= 4 is 0 Å². The summed E-state index contributed by atoms with van der Waals surface area (Å²) in [5.41, 5.74) is 5.00. The Morgan fingerprint density at radius 2 is 1.26 bits per heavy atom. The van der Waals surface area contributed by atoms with Crippen molar-refractivity contribution in [2.45, 2.75) is 81.7 Å². The van der Waals surface area contributed by atoms with Crippen LogP contribution in [0.1, 0.15) is 77.4 Å². The van der Waals surface area contributed by atoms with Crippen LogP contribution in [0.3, 0.4) is 0 Å². The standard InChI is InChI=1S/C14H18N2.C3H8.2C2H6/c1-4-13-5-7-14(8-6-13)10-16-12(3)9-11(2)15-16;1-3-2;2*1-2/h5-9H,4,10H2,1-3H3;3H2,1-2H3;2*1-2H3. The number of aromatic nitrogens is 2. The van der Waals surface area contributed by atoms with Gasteiger partial charge in [0.2, 0.25) is 0 Å². The van der Waals surface area contributed by atoms with E-state index in [4.69, 9.17) is 0 Å². The first-order valence-corrected chi connectivity index (χ1v) is 9.19. The molecule has 0 saturated carbocycles. The molecule has 0 unspecified atom stereocenters. The van der Waals surface area contributed by atoms with Gasteiger partial charge in [-0.15, -0.1) is 0 Å². The zero-order valence-corrected chi connectivity index (χ0v) is 16.9. The van der Waals surface area contributed by atoms with Crippen LogP contribution in [-0.4, -0.2) is 9.78 Å². The van der Waals surface area contributed by atoms with Crippen molar-refractivity contribution in [1.82, 2.24) is 9.78 Å². The lowest BCUT2D eigenvalue weighted by Gasteiger charge is -2.05. The van der Waals surface area contributed by atoms with Gasteiger partial charge < -0.3 is 0 Å². The first kappa shape index (κ1) is 23.7. The molecule has 0 spiro atoms. The summed E-state index contributed by atoms with van der Waals surface area (Å²) in [6.45, 7) is 19.4. The van der Waals surface area contributed by atoms with Crippen molar-refractivity contribution in [3.8, 4) is 0 Å². The van der Waals surface area contributed by atoms with Gasteiger partial charge in [-0.25, -0.2) is 0 Å². The lowest BCUT2D eigenvalue weighted by atomic mass is 10.1. The maximum atomic E-state index is 4.46. The predicted molar refractivity (Wildman–Crippen MR) is 105 cm³/mol. The van der Waals surface area contributed by atoms with Gasteiger partial charge in [-0.05, 0) is 37.5 Å². The van der Waals surface area contributed by atoms with Crippen molar-refractivity contribution in [2.75, 3.05) is 0 Å². The molecular formula is C21H38N2. The SMILES string of the molecule is CC.CC.CCC.CCc1ccc(Cn2nc(C)cc2C)cc1. The smallest absolute Gasteiger partial charge is 0.0662 e. The predicted octanol–water partition coefficient (Wildman–Crippen LogP) is 6.58. The summed E-state index contributed by atoms with van der Waals surface area (Å²) in [4.78, 5) is 0. The molecule has 0 aliphatic rings. The average Bonchev–Trinajstić information content (AvgIpc) is 2.90. The van der Waals surface area contributed by atoms with Gasteiger partial charge in [-0.2, -0.15) is 5.10 Å². The van der Waals surface area contributed by atoms with Gasteiger partial charge in [0.25, 0.3) is 0 Å². The quantitative estimate of drug-likeness (QED) is 0.625. The van der Waals surface area contributed by atoms with Gasteiger partial charge in [-0.3, -0.25) is 4.68 Å². The monoisotopic (exact) mass is 318 g/mol. The van der Waals surface area contributed by atoms with Crippen LogP contribution in [0.4, 0.5) is 0 Å². The number of benzene rings is 1. The summed E-state index contributed by atoms with van der Waals surface area (Å²) < 4.78 is 2.05. The number of aryl methyl sites for hydroxylation is 3. The van der Waals surface area contributed by atoms with Crippen LogP contribution in [0.15, 0.2) is 30.3 Å². The molecule has 2 aromatic rings. The summed E-state index contributed by atoms with van der Waals surface area (Å²) in [6.07, 6.45) is 2.35. The van der Waals surface area contributed by atoms with E-state index in [2.05, 4.69) is 67.8 Å². The second kappa shape index (κ2) is 15.3. The van der Waals surface area contributed by atoms with Crippen LogP contribution in [0.25, 0.3) is 0 Å². The number of hydrogen-bond acceptors (Lipinski definition) is 1. The normalized spacial score (nSPS) is 8.74. The van der Waals surface area contributed by atoms with Gasteiger partial charge in [0.15, 0.2) is 0 Å². The first-order valence-electron chi connectivity index (χ1n) is 9.19. The summed E-state index contributed by atoms with van der Waals surface area (Å²) in [6, 6.07) is 10.9. The minimum absolute atomic E-state index is 0.865. The molecule has 0 N–H and O–H groups in total. The molecule has 0 bridgehead atoms. The number of nitrogens with zero attached hydrogens (tertiary/aromatic N) is 2. The lowest BCUT2D eigenvalue weighted by molar-refractivity contribution is 0.659. The van der Waals surface area contributed by atoms with Crippen LogP contribution >= 0.6 is 0 Å². The molecular weight excluding hydrogens is 280 g/mol. The van der Waals surface area contributed by atoms with Crippen molar-refractivity contribution in [2.24, 2.45) is 0 Å². The van der Waals surface area contributed by atoms with Crippen molar-refractivity contribution in [3.63, 3.8) is 0 Å². The Morgan fingerprint density at radius 1 is 0.826 bits per heavy atom. The molecule has 2 rings (SSSR count). The molecule has 2 heteroatoms. The fraction of sp³-hybridized carbons (Fsp3) is 0.571. The molecule has 2 nitrogen and oxygen atoms in total. The third-order valence-electron chi connectivity index (χ3n) is 2.87. The zero-order valence-electron chi connectivity index (χ0n) is 16.9. The minimum Gasteiger partial charge on any atom is -0.265 e. The lowest BCUT2D eigenvalue weighted by Crippen LogP contribution is -2.03. The maximum absolute atomic E-state index is 4.46. The Labute approximate surface area is 144 Å². The van der Waals surface area contributed by atoms with E-state index in [1.54, 1.807) is 0 Å². The van der Waals surface area contributed by atoms with E-state index in [1.807, 2.05) is 34.6 Å². The second-order valence-corrected chi connectivity index (χ2v) is 4.96. The molecule has 1 aromatic heterocycles. The summed E-state index contributed by atoms with van der Waals surface area (Å²) in [5, 5.41) is 4.46. The summed E-state index contributed by atoms with van der Waals surface area (Å²) in [5.74, 6) is 0. The Kier molecular flexibility index (Phi) is 15.8. The maximum Gasteiger partial charge on any atom is 0.0662 e. The van der Waals surface area contributed by atoms with Crippen LogP contribution in [0, 0.1) is 13.8 Å². The molecule has 132 valence electrons. The van der Waals surface area contributed by atoms with E-state index >= 15 is 0 Å². The highest BCUT2D eigenvalue weighted by Crippen LogP contribution is 2.09. The summed E-state index contributed by atoms with van der Waals surface area (Å²) in [7, 11) is 0. The molecule has 0 saturated heterocycles. The number of hydrogen-bond donors (Lipinski definition) is 0. The first-order chi connectivity index (χ1) is 11.1. The topological polar surface area (TPSA) is 17.8 Å². The van der Waals surface area contributed by atoms with Gasteiger partial charge in [0.05, 0.1) is 12.2 Å². The average molecular weight is 319 g/mol. The molecule has 0 fully saturated rings. The van der Waals surface area contributed by atoms with E-state index < -0.39 is 0 Å². The zero-order chi connectivity index (χ0) is 18.3. The van der Waals surface area contributed by atoms with Gasteiger partial charge in [-0.1, -0.05) is 79.2 Å². The van der Waals surface area contributed by atoms with Gasteiger partial charge in [0, 0.05) is 5.69 Å². The second-order valence-electron chi connectivity index (χ2n) is 4.96. The van der Waals surface area contributed by atoms with Crippen molar-refractivity contribution < 1.29 is 0 Å². The summed E-state index contributed by atoms with van der Waals surface area (Å²) >= 11 is 0. The van der Waals surface area contributed by atoms with Crippen LogP contribution in [-0.2, 0) is 13.0 Å². The van der Waals surface area contributed by atoms with E-state index in [0.29, 0.717) is 0 Å². The van der Waals surface area contributed by atoms with Gasteiger partial charge in [0.1, 0.15) is 0 Å². The van der Waals surface area contributed by atoms with Crippen molar-refractivity contribution in [1.29, 1.82) is 0 Å². The molecule has 0 aliphatic heterocycles. The van der Waals surface area contributed by atoms with E-state index in [-0.39, 0.29) is 0 Å². The fourth-order valence-electron chi connectivity index (χ4n) is 1.89. The molecule has 0 aliphatic carbocycles. The largest absolute Gasteiger partial charge is 0.265 e. The highest BCUT2D eigenvalue weighted by Gasteiger charge is 2.01. The van der Waals surface area contributed by atoms with Crippen molar-refractivity contribution in [3.05, 3.63) is 52.8 Å². The van der Waals surface area contributed by atoms with E-state index in [0.717, 1.165) is 18.7 Å². The number of rotatable bonds is 3. The minimum atomic E-state index is 0.865. The third-order valence-corrected chi connectivity index (χ3v) is 2.87. The van der Waals surface area contributed by atoms with Crippen LogP contribution in [0.2, 0.25) is 0 Å². The fourth-order valence-corrected chi connectivity index (χ4v) is 1.89. The molecule has 1 aromatic carbocycles. The highest BCUT2D eigenvalue weighted by molar-refractivity contribution is 5.23. The molecule has 0 radical (unpaired) electrons. The Hall–Kier alpha value is -1.57. The third kappa shape index (κ3) is 9.93. The molecule has 0 amide bonds. The Morgan fingerprint density at radius 3 is 1.61 bits per heavy atom. The van der Waals surface area contributed by atoms with E-state index in [9.17, 15) is 0 Å². The van der Waals surface area contributed by atoms with E-state index in [1.165, 1.54) is 23.2 Å². The Bertz CT molecular complexity index is 481. The van der Waals surface area contributed by atoms with Crippen LogP contribution in [0.5, 0.6) is 0 Å². The highest BCUT2D eigenvalue weighted by atomic mass is 15.3. The molecule has 0 atom stereocenters.